The number of amides is 2. The molecule has 9 nitrogen and oxygen atoms in total. The molecule has 0 aliphatic carbocycles. The second-order valence-electron chi connectivity index (χ2n) is 8.05. The lowest BCUT2D eigenvalue weighted by Gasteiger charge is -2.34. The van der Waals surface area contributed by atoms with Gasteiger partial charge in [0.15, 0.2) is 0 Å². The highest BCUT2D eigenvalue weighted by molar-refractivity contribution is 7.92. The van der Waals surface area contributed by atoms with Gasteiger partial charge in [0.25, 0.3) is 5.91 Å². The number of anilines is 1. The third kappa shape index (κ3) is 6.66. The molecule has 0 bridgehead atoms. The van der Waals surface area contributed by atoms with Gasteiger partial charge in [-0.1, -0.05) is 17.7 Å². The fourth-order valence-electron chi connectivity index (χ4n) is 3.69. The van der Waals surface area contributed by atoms with Gasteiger partial charge in [-0.2, -0.15) is 0 Å². The topological polar surface area (TPSA) is 116 Å². The highest BCUT2D eigenvalue weighted by Gasteiger charge is 2.27. The predicted octanol–water partition coefficient (Wildman–Crippen LogP) is 1.72. The molecule has 0 radical (unpaired) electrons. The highest BCUT2D eigenvalue weighted by Crippen LogP contribution is 2.27. The SMILES string of the molecule is CC(=O)N1CCN(CCS(=O)(=O)N(Cc2ccc(C(=O)NN)cc2F)c2ccc(F)c(Cl)c2)CC1. The summed E-state index contributed by atoms with van der Waals surface area (Å²) in [5.41, 5.74) is 1.94. The summed E-state index contributed by atoms with van der Waals surface area (Å²) in [4.78, 5) is 26.8. The lowest BCUT2D eigenvalue weighted by Crippen LogP contribution is -2.49. The average Bonchev–Trinajstić information content (AvgIpc) is 2.83. The summed E-state index contributed by atoms with van der Waals surface area (Å²) < 4.78 is 56.2. The van der Waals surface area contributed by atoms with Crippen molar-refractivity contribution in [2.45, 2.75) is 13.5 Å². The molecule has 2 aromatic rings. The average molecular weight is 530 g/mol. The fourth-order valence-corrected chi connectivity index (χ4v) is 5.34. The molecule has 0 atom stereocenters. The highest BCUT2D eigenvalue weighted by atomic mass is 35.5. The van der Waals surface area contributed by atoms with Crippen molar-refractivity contribution in [2.75, 3.05) is 42.8 Å². The molecule has 1 aliphatic heterocycles. The van der Waals surface area contributed by atoms with E-state index in [-0.39, 0.29) is 40.0 Å². The molecule has 1 saturated heterocycles. The Bertz CT molecular complexity index is 1210. The van der Waals surface area contributed by atoms with Crippen LogP contribution in [-0.2, 0) is 21.4 Å². The molecule has 1 fully saturated rings. The summed E-state index contributed by atoms with van der Waals surface area (Å²) in [5.74, 6) is 2.52. The number of hydrogen-bond acceptors (Lipinski definition) is 6. The van der Waals surface area contributed by atoms with E-state index in [0.717, 1.165) is 22.5 Å². The van der Waals surface area contributed by atoms with Crippen LogP contribution in [0.1, 0.15) is 22.8 Å². The number of hydrogen-bond donors (Lipinski definition) is 2. The second kappa shape index (κ2) is 11.3. The Morgan fingerprint density at radius 1 is 1.09 bits per heavy atom. The number of piperazine rings is 1. The molecule has 0 spiro atoms. The Labute approximate surface area is 207 Å². The van der Waals surface area contributed by atoms with Crippen molar-refractivity contribution in [1.82, 2.24) is 15.2 Å². The number of halogens is 3. The lowest BCUT2D eigenvalue weighted by molar-refractivity contribution is -0.130. The third-order valence-electron chi connectivity index (χ3n) is 5.77. The van der Waals surface area contributed by atoms with Gasteiger partial charge in [-0.15, -0.1) is 0 Å². The number of nitrogens with one attached hydrogen (secondary N) is 1. The summed E-state index contributed by atoms with van der Waals surface area (Å²) in [5, 5.41) is -0.279. The van der Waals surface area contributed by atoms with E-state index in [1.165, 1.54) is 25.1 Å². The number of benzene rings is 2. The van der Waals surface area contributed by atoms with Crippen LogP contribution in [0.5, 0.6) is 0 Å². The van der Waals surface area contributed by atoms with E-state index >= 15 is 0 Å². The minimum Gasteiger partial charge on any atom is -0.340 e. The van der Waals surface area contributed by atoms with Crippen LogP contribution in [0.25, 0.3) is 0 Å². The molecule has 3 rings (SSSR count). The van der Waals surface area contributed by atoms with Crippen LogP contribution in [-0.4, -0.2) is 68.5 Å². The minimum absolute atomic E-state index is 0.00216. The molecule has 0 unspecified atom stereocenters. The van der Waals surface area contributed by atoms with Crippen molar-refractivity contribution >= 4 is 39.1 Å². The molecule has 0 aromatic heterocycles. The Kier molecular flexibility index (Phi) is 8.65. The first-order valence-corrected chi connectivity index (χ1v) is 12.7. The maximum absolute atomic E-state index is 14.8. The Morgan fingerprint density at radius 2 is 1.77 bits per heavy atom. The van der Waals surface area contributed by atoms with E-state index in [1.54, 1.807) is 4.90 Å². The van der Waals surface area contributed by atoms with Crippen molar-refractivity contribution in [1.29, 1.82) is 0 Å². The first-order chi connectivity index (χ1) is 16.5. The van der Waals surface area contributed by atoms with Gasteiger partial charge in [0.2, 0.25) is 15.9 Å². The van der Waals surface area contributed by atoms with Crippen molar-refractivity contribution in [3.8, 4) is 0 Å². The first kappa shape index (κ1) is 26.8. The Balaban J connectivity index is 1.84. The quantitative estimate of drug-likeness (QED) is 0.306. The van der Waals surface area contributed by atoms with Crippen LogP contribution in [0.2, 0.25) is 5.02 Å². The second-order valence-corrected chi connectivity index (χ2v) is 10.5. The molecular weight excluding hydrogens is 504 g/mol. The van der Waals surface area contributed by atoms with Crippen molar-refractivity contribution in [2.24, 2.45) is 5.84 Å². The van der Waals surface area contributed by atoms with Gasteiger partial charge in [0.05, 0.1) is 23.0 Å². The van der Waals surface area contributed by atoms with Crippen LogP contribution in [0.3, 0.4) is 0 Å². The Morgan fingerprint density at radius 3 is 2.34 bits per heavy atom. The predicted molar refractivity (Wildman–Crippen MR) is 128 cm³/mol. The fraction of sp³-hybridized carbons (Fsp3) is 0.364. The first-order valence-electron chi connectivity index (χ1n) is 10.7. The van der Waals surface area contributed by atoms with E-state index in [9.17, 15) is 26.8 Å². The molecule has 13 heteroatoms. The van der Waals surface area contributed by atoms with Gasteiger partial charge >= 0.3 is 0 Å². The molecule has 35 heavy (non-hydrogen) atoms. The van der Waals surface area contributed by atoms with Crippen molar-refractivity contribution in [3.63, 3.8) is 0 Å². The summed E-state index contributed by atoms with van der Waals surface area (Å²) in [6, 6.07) is 7.00. The normalized spacial score (nSPS) is 14.6. The summed E-state index contributed by atoms with van der Waals surface area (Å²) in [6.45, 7) is 3.32. The molecule has 1 aliphatic rings. The van der Waals surface area contributed by atoms with Crippen LogP contribution >= 0.6 is 11.6 Å². The summed E-state index contributed by atoms with van der Waals surface area (Å²) in [7, 11) is -4.02. The maximum atomic E-state index is 14.8. The van der Waals surface area contributed by atoms with Gasteiger partial charge in [-0.05, 0) is 30.3 Å². The number of rotatable bonds is 8. The number of carbonyl (C=O) groups excluding carboxylic acids is 2. The van der Waals surface area contributed by atoms with Crippen molar-refractivity contribution < 1.29 is 26.8 Å². The minimum atomic E-state index is -4.02. The molecule has 1 heterocycles. The van der Waals surface area contributed by atoms with Gasteiger partial charge in [-0.25, -0.2) is 23.0 Å². The molecule has 2 aromatic carbocycles. The van der Waals surface area contributed by atoms with E-state index in [2.05, 4.69) is 0 Å². The number of hydrazine groups is 1. The van der Waals surface area contributed by atoms with Crippen LogP contribution in [0, 0.1) is 11.6 Å². The van der Waals surface area contributed by atoms with Crippen LogP contribution in [0.15, 0.2) is 36.4 Å². The standard InChI is InChI=1S/C22H26ClF2N5O4S/c1-15(31)29-8-6-28(7-9-29)10-11-35(33,34)30(18-4-5-20(24)19(23)13-18)14-17-3-2-16(12-21(17)25)22(32)27-26/h2-5,12-13H,6-11,14,26H2,1H3,(H,27,32). The summed E-state index contributed by atoms with van der Waals surface area (Å²) >= 11 is 5.88. The Hall–Kier alpha value is -2.80. The number of sulfonamides is 1. The lowest BCUT2D eigenvalue weighted by atomic mass is 10.1. The molecule has 0 saturated carbocycles. The number of nitrogens with zero attached hydrogens (tertiary/aromatic N) is 3. The zero-order chi connectivity index (χ0) is 25.8. The zero-order valence-corrected chi connectivity index (χ0v) is 20.6. The number of carbonyl (C=O) groups is 2. The van der Waals surface area contributed by atoms with E-state index in [1.807, 2.05) is 10.3 Å². The molecule has 2 amide bonds. The third-order valence-corrected chi connectivity index (χ3v) is 7.77. The van der Waals surface area contributed by atoms with Gasteiger partial charge in [-0.3, -0.25) is 24.2 Å². The monoisotopic (exact) mass is 529 g/mol. The van der Waals surface area contributed by atoms with Gasteiger partial charge in [0.1, 0.15) is 11.6 Å². The van der Waals surface area contributed by atoms with E-state index in [0.29, 0.717) is 26.2 Å². The molecule has 3 N–H and O–H groups in total. The summed E-state index contributed by atoms with van der Waals surface area (Å²) in [6.07, 6.45) is 0. The number of nitrogens with two attached hydrogens (primary N) is 1. The van der Waals surface area contributed by atoms with Crippen LogP contribution < -0.4 is 15.6 Å². The van der Waals surface area contributed by atoms with E-state index < -0.39 is 34.1 Å². The maximum Gasteiger partial charge on any atom is 0.265 e. The van der Waals surface area contributed by atoms with Gasteiger partial charge < -0.3 is 4.90 Å². The smallest absolute Gasteiger partial charge is 0.265 e. The van der Waals surface area contributed by atoms with Crippen molar-refractivity contribution in [3.05, 3.63) is 64.2 Å². The van der Waals surface area contributed by atoms with Crippen LogP contribution in [0.4, 0.5) is 14.5 Å². The molecular formula is C22H26ClF2N5O4S. The zero-order valence-electron chi connectivity index (χ0n) is 19.0. The van der Waals surface area contributed by atoms with E-state index in [4.69, 9.17) is 17.4 Å². The largest absolute Gasteiger partial charge is 0.340 e. The van der Waals surface area contributed by atoms with Gasteiger partial charge in [0, 0.05) is 50.8 Å². The number of nitrogen functional groups attached to an aromatic ring is 1. The molecule has 190 valence electrons.